The fourth-order valence-electron chi connectivity index (χ4n) is 1.68. The second-order valence-electron chi connectivity index (χ2n) is 5.48. The van der Waals surface area contributed by atoms with E-state index in [0.29, 0.717) is 18.3 Å². The number of hydrazine groups is 1. The van der Waals surface area contributed by atoms with Crippen molar-refractivity contribution >= 4 is 17.3 Å². The van der Waals surface area contributed by atoms with Crippen molar-refractivity contribution in [3.8, 4) is 0 Å². The van der Waals surface area contributed by atoms with E-state index in [2.05, 4.69) is 15.5 Å². The van der Waals surface area contributed by atoms with Crippen molar-refractivity contribution in [2.75, 3.05) is 20.3 Å². The third kappa shape index (κ3) is 6.46. The van der Waals surface area contributed by atoms with E-state index >= 15 is 0 Å². The number of azo groups is 1. The van der Waals surface area contributed by atoms with Crippen LogP contribution < -0.4 is 11.2 Å². The predicted molar refractivity (Wildman–Crippen MR) is 92.3 cm³/mol. The highest BCUT2D eigenvalue weighted by Gasteiger charge is 2.20. The minimum absolute atomic E-state index is 0.0154. The Morgan fingerprint density at radius 2 is 2.05 bits per heavy atom. The Morgan fingerprint density at radius 1 is 1.41 bits per heavy atom. The molecule has 0 heterocycles. The van der Waals surface area contributed by atoms with Crippen LogP contribution in [0.4, 0.5) is 0 Å². The number of benzene rings is 1. The molecule has 1 atom stereocenters. The van der Waals surface area contributed by atoms with Gasteiger partial charge in [0, 0.05) is 7.11 Å². The Labute approximate surface area is 137 Å². The summed E-state index contributed by atoms with van der Waals surface area (Å²) in [5.41, 5.74) is 0.482. The van der Waals surface area contributed by atoms with Crippen molar-refractivity contribution in [3.05, 3.63) is 35.9 Å². The normalized spacial score (nSPS) is 13.1. The Kier molecular flexibility index (Phi) is 7.37. The number of methoxy groups -OCH3 is 1. The van der Waals surface area contributed by atoms with Gasteiger partial charge in [-0.1, -0.05) is 30.3 Å². The van der Waals surface area contributed by atoms with Gasteiger partial charge in [0.2, 0.25) is 0 Å². The first-order valence-electron chi connectivity index (χ1n) is 7.16. The number of thiocarbonyl (C=S) groups is 1. The zero-order chi connectivity index (χ0) is 16.6. The van der Waals surface area contributed by atoms with E-state index in [0.717, 1.165) is 5.56 Å². The van der Waals surface area contributed by atoms with E-state index in [-0.39, 0.29) is 6.04 Å². The molecule has 0 aliphatic heterocycles. The van der Waals surface area contributed by atoms with E-state index in [4.69, 9.17) is 22.8 Å². The second kappa shape index (κ2) is 8.77. The molecule has 0 aliphatic rings. The summed E-state index contributed by atoms with van der Waals surface area (Å²) in [6.45, 7) is 6.80. The lowest BCUT2D eigenvalue weighted by molar-refractivity contribution is 0.175. The van der Waals surface area contributed by atoms with Gasteiger partial charge >= 0.3 is 0 Å². The van der Waals surface area contributed by atoms with Gasteiger partial charge in [-0.25, -0.2) is 5.84 Å². The summed E-state index contributed by atoms with van der Waals surface area (Å²) < 4.78 is 4.97. The molecular weight excluding hydrogens is 298 g/mol. The van der Waals surface area contributed by atoms with Crippen LogP contribution in [0.15, 0.2) is 40.6 Å². The highest BCUT2D eigenvalue weighted by Crippen LogP contribution is 2.18. The Balaban J connectivity index is 2.59. The first-order chi connectivity index (χ1) is 10.4. The summed E-state index contributed by atoms with van der Waals surface area (Å²) in [6, 6.07) is 10.00. The van der Waals surface area contributed by atoms with Crippen LogP contribution in [0.2, 0.25) is 0 Å². The lowest BCUT2D eigenvalue weighted by atomic mass is 10.1. The number of hydrogen-bond donors (Lipinski definition) is 2. The molecule has 3 N–H and O–H groups in total. The van der Waals surface area contributed by atoms with Crippen molar-refractivity contribution in [2.24, 2.45) is 16.1 Å². The van der Waals surface area contributed by atoms with Crippen LogP contribution in [0.5, 0.6) is 0 Å². The van der Waals surface area contributed by atoms with Crippen LogP contribution in [0, 0.1) is 0 Å². The summed E-state index contributed by atoms with van der Waals surface area (Å²) in [5.74, 6) is 5.83. The molecule has 22 heavy (non-hydrogen) atoms. The van der Waals surface area contributed by atoms with Gasteiger partial charge in [-0.05, 0) is 38.6 Å². The molecule has 0 radical (unpaired) electrons. The topological polar surface area (TPSA) is 75.2 Å². The van der Waals surface area contributed by atoms with E-state index < -0.39 is 5.66 Å². The van der Waals surface area contributed by atoms with Crippen LogP contribution in [-0.4, -0.2) is 36.0 Å². The number of nitrogens with zero attached hydrogens (tertiary/aromatic N) is 3. The molecule has 7 heteroatoms. The monoisotopic (exact) mass is 323 g/mol. The highest BCUT2D eigenvalue weighted by atomic mass is 32.1. The minimum atomic E-state index is -0.634. The van der Waals surface area contributed by atoms with Crippen molar-refractivity contribution in [2.45, 2.75) is 32.5 Å². The third-order valence-corrected chi connectivity index (χ3v) is 3.31. The number of hydrogen-bond acceptors (Lipinski definition) is 5. The van der Waals surface area contributed by atoms with Crippen LogP contribution in [-0.2, 0) is 4.74 Å². The van der Waals surface area contributed by atoms with E-state index in [1.54, 1.807) is 7.11 Å². The van der Waals surface area contributed by atoms with Gasteiger partial charge in [-0.15, -0.1) is 0 Å². The number of rotatable bonds is 7. The largest absolute Gasteiger partial charge is 0.383 e. The van der Waals surface area contributed by atoms with Crippen molar-refractivity contribution in [1.82, 2.24) is 10.3 Å². The maximum Gasteiger partial charge on any atom is 0.185 e. The minimum Gasteiger partial charge on any atom is -0.383 e. The average Bonchev–Trinajstić information content (AvgIpc) is 2.50. The molecular formula is C15H25N5OS. The number of nitrogens with one attached hydrogen (secondary N) is 1. The molecule has 1 aromatic rings. The van der Waals surface area contributed by atoms with Gasteiger partial charge < -0.3 is 10.1 Å². The molecule has 1 rings (SSSR count). The maximum absolute atomic E-state index is 5.83. The van der Waals surface area contributed by atoms with E-state index in [1.807, 2.05) is 51.1 Å². The Bertz CT molecular complexity index is 492. The van der Waals surface area contributed by atoms with Crippen molar-refractivity contribution in [3.63, 3.8) is 0 Å². The Morgan fingerprint density at radius 3 is 2.64 bits per heavy atom. The van der Waals surface area contributed by atoms with Gasteiger partial charge in [0.25, 0.3) is 0 Å². The van der Waals surface area contributed by atoms with Gasteiger partial charge in [-0.3, -0.25) is 5.01 Å². The van der Waals surface area contributed by atoms with Crippen LogP contribution in [0.25, 0.3) is 0 Å². The van der Waals surface area contributed by atoms with Crippen LogP contribution in [0.3, 0.4) is 0 Å². The maximum atomic E-state index is 5.83. The van der Waals surface area contributed by atoms with Crippen LogP contribution >= 0.6 is 12.2 Å². The molecule has 0 amide bonds. The second-order valence-corrected chi connectivity index (χ2v) is 5.86. The molecule has 0 fully saturated rings. The first-order valence-corrected chi connectivity index (χ1v) is 7.57. The standard InChI is InChI=1S/C15H25N5OS/c1-12(13-8-6-5-7-9-13)18-19-15(2,3)17-14(22)20(16)10-11-21-4/h5-9,12H,10-11,16H2,1-4H3,(H,17,22)/b19-18+. The molecule has 1 unspecified atom stereocenters. The molecule has 6 nitrogen and oxygen atoms in total. The molecule has 1 aromatic carbocycles. The zero-order valence-corrected chi connectivity index (χ0v) is 14.4. The highest BCUT2D eigenvalue weighted by molar-refractivity contribution is 7.80. The van der Waals surface area contributed by atoms with Crippen molar-refractivity contribution < 1.29 is 4.74 Å². The lowest BCUT2D eigenvalue weighted by Gasteiger charge is -2.27. The third-order valence-electron chi connectivity index (χ3n) is 2.97. The summed E-state index contributed by atoms with van der Waals surface area (Å²) in [7, 11) is 1.62. The molecule has 0 spiro atoms. The van der Waals surface area contributed by atoms with Crippen LogP contribution in [0.1, 0.15) is 32.4 Å². The lowest BCUT2D eigenvalue weighted by Crippen LogP contribution is -2.52. The molecule has 0 aliphatic carbocycles. The SMILES string of the molecule is COCCN(N)C(=S)NC(C)(C)/N=N/C(C)c1ccccc1. The summed E-state index contributed by atoms with van der Waals surface area (Å²) in [5, 5.41) is 13.6. The summed E-state index contributed by atoms with van der Waals surface area (Å²) in [6.07, 6.45) is 0. The molecule has 122 valence electrons. The zero-order valence-electron chi connectivity index (χ0n) is 13.6. The number of ether oxygens (including phenoxy) is 1. The molecule has 0 bridgehead atoms. The quantitative estimate of drug-likeness (QED) is 0.349. The van der Waals surface area contributed by atoms with Gasteiger partial charge in [0.15, 0.2) is 5.11 Å². The summed E-state index contributed by atoms with van der Waals surface area (Å²) >= 11 is 5.24. The predicted octanol–water partition coefficient (Wildman–Crippen LogP) is 2.63. The fraction of sp³-hybridized carbons (Fsp3) is 0.533. The van der Waals surface area contributed by atoms with Crippen molar-refractivity contribution in [1.29, 1.82) is 0 Å². The average molecular weight is 323 g/mol. The summed E-state index contributed by atoms with van der Waals surface area (Å²) in [4.78, 5) is 0. The molecule has 0 saturated carbocycles. The van der Waals surface area contributed by atoms with E-state index in [9.17, 15) is 0 Å². The first kappa shape index (κ1) is 18.5. The smallest absolute Gasteiger partial charge is 0.185 e. The number of nitrogens with two attached hydrogens (primary N) is 1. The van der Waals surface area contributed by atoms with Gasteiger partial charge in [-0.2, -0.15) is 10.2 Å². The van der Waals surface area contributed by atoms with Gasteiger partial charge in [0.1, 0.15) is 5.66 Å². The van der Waals surface area contributed by atoms with E-state index in [1.165, 1.54) is 5.01 Å². The Hall–Kier alpha value is -1.57. The molecule has 0 aromatic heterocycles. The fourth-order valence-corrected chi connectivity index (χ4v) is 2.02. The van der Waals surface area contributed by atoms with Gasteiger partial charge in [0.05, 0.1) is 19.2 Å². The molecule has 0 saturated heterocycles.